The lowest BCUT2D eigenvalue weighted by molar-refractivity contribution is -0.138. The van der Waals surface area contributed by atoms with E-state index in [0.29, 0.717) is 17.0 Å². The summed E-state index contributed by atoms with van der Waals surface area (Å²) in [7, 11) is 1.90. The molecule has 0 atom stereocenters. The number of thiazole rings is 2. The second-order valence-electron chi connectivity index (χ2n) is 8.23. The number of rotatable bonds is 6. The third kappa shape index (κ3) is 4.97. The number of hydrogen-bond acceptors (Lipinski definition) is 7. The van der Waals surface area contributed by atoms with Gasteiger partial charge in [-0.25, -0.2) is 15.0 Å². The van der Waals surface area contributed by atoms with Gasteiger partial charge in [0.15, 0.2) is 0 Å². The van der Waals surface area contributed by atoms with Crippen molar-refractivity contribution < 1.29 is 9.59 Å². The molecule has 1 aliphatic heterocycles. The Morgan fingerprint density at radius 1 is 1.03 bits per heavy atom. The Kier molecular flexibility index (Phi) is 7.94. The number of fused-ring (bicyclic) bond motifs is 1. The Labute approximate surface area is 224 Å². The van der Waals surface area contributed by atoms with Gasteiger partial charge in [-0.05, 0) is 39.0 Å². The molecule has 37 heavy (non-hydrogen) atoms. The number of aryl methyl sites for hydroxylation is 1. The van der Waals surface area contributed by atoms with Gasteiger partial charge in [-0.1, -0.05) is 38.1 Å². The number of aromatic nitrogens is 4. The molecule has 9 heteroatoms. The molecule has 0 saturated carbocycles. The Morgan fingerprint density at radius 2 is 1.81 bits per heavy atom. The minimum atomic E-state index is -0.310. The Bertz CT molecular complexity index is 1570. The maximum absolute atomic E-state index is 13.1. The van der Waals surface area contributed by atoms with Crippen molar-refractivity contribution in [3.05, 3.63) is 76.1 Å². The molecule has 0 spiro atoms. The molecule has 0 fully saturated rings. The van der Waals surface area contributed by atoms with Gasteiger partial charge in [0.25, 0.3) is 11.8 Å². The van der Waals surface area contributed by atoms with Gasteiger partial charge < -0.3 is 4.57 Å². The first-order valence-corrected chi connectivity index (χ1v) is 13.8. The van der Waals surface area contributed by atoms with E-state index in [0.717, 1.165) is 37.9 Å². The van der Waals surface area contributed by atoms with Gasteiger partial charge in [-0.15, -0.1) is 22.7 Å². The highest BCUT2D eigenvalue weighted by Gasteiger charge is 2.36. The van der Waals surface area contributed by atoms with Crippen LogP contribution in [0.4, 0.5) is 0 Å². The van der Waals surface area contributed by atoms with Crippen molar-refractivity contribution in [1.82, 2.24) is 24.4 Å². The van der Waals surface area contributed by atoms with E-state index in [2.05, 4.69) is 11.1 Å². The number of hydrogen-bond donors (Lipinski definition) is 0. The highest BCUT2D eigenvalue weighted by atomic mass is 32.1. The lowest BCUT2D eigenvalue weighted by Crippen LogP contribution is -2.32. The summed E-state index contributed by atoms with van der Waals surface area (Å²) in [6.45, 7) is 9.62. The van der Waals surface area contributed by atoms with Crippen LogP contribution in [0.3, 0.4) is 0 Å². The van der Waals surface area contributed by atoms with Gasteiger partial charge in [-0.2, -0.15) is 0 Å². The summed E-state index contributed by atoms with van der Waals surface area (Å²) in [6, 6.07) is 6.06. The fourth-order valence-corrected chi connectivity index (χ4v) is 5.65. The molecule has 5 rings (SSSR count). The SMILES string of the molecule is C/C=C\C=C/C1=C(C)C(=O)N(Cc2nc(-c3ccc4ncsc4c3)c(-c3nc(C)cs3)n2C)C1=O.CC. The van der Waals surface area contributed by atoms with Crippen molar-refractivity contribution in [2.24, 2.45) is 7.05 Å². The number of carbonyl (C=O) groups excluding carboxylic acids is 2. The number of imidazole rings is 1. The molecule has 1 aliphatic rings. The van der Waals surface area contributed by atoms with E-state index in [1.165, 1.54) is 4.90 Å². The molecule has 0 aliphatic carbocycles. The summed E-state index contributed by atoms with van der Waals surface area (Å²) in [4.78, 5) is 41.3. The monoisotopic (exact) mass is 531 g/mol. The molecule has 4 aromatic rings. The summed E-state index contributed by atoms with van der Waals surface area (Å²) in [6.07, 6.45) is 7.15. The second-order valence-corrected chi connectivity index (χ2v) is 9.98. The summed E-state index contributed by atoms with van der Waals surface area (Å²) >= 11 is 3.12. The minimum absolute atomic E-state index is 0.0760. The maximum atomic E-state index is 13.1. The molecule has 0 unspecified atom stereocenters. The van der Waals surface area contributed by atoms with Crippen LogP contribution in [0.25, 0.3) is 32.2 Å². The van der Waals surface area contributed by atoms with Crippen molar-refractivity contribution in [1.29, 1.82) is 0 Å². The quantitative estimate of drug-likeness (QED) is 0.210. The largest absolute Gasteiger partial charge is 0.327 e. The van der Waals surface area contributed by atoms with Crippen molar-refractivity contribution in [3.63, 3.8) is 0 Å². The molecule has 4 heterocycles. The molecule has 2 amide bonds. The molecular weight excluding hydrogens is 502 g/mol. The predicted molar refractivity (Wildman–Crippen MR) is 151 cm³/mol. The highest BCUT2D eigenvalue weighted by molar-refractivity contribution is 7.16. The van der Waals surface area contributed by atoms with Crippen LogP contribution in [-0.4, -0.2) is 36.2 Å². The van der Waals surface area contributed by atoms with Crippen LogP contribution in [0.2, 0.25) is 0 Å². The van der Waals surface area contributed by atoms with Crippen LogP contribution >= 0.6 is 22.7 Å². The molecule has 1 aromatic carbocycles. The van der Waals surface area contributed by atoms with Crippen LogP contribution in [0.5, 0.6) is 0 Å². The first-order chi connectivity index (χ1) is 17.9. The lowest BCUT2D eigenvalue weighted by Gasteiger charge is -2.14. The number of imide groups is 1. The molecule has 0 bridgehead atoms. The van der Waals surface area contributed by atoms with Crippen LogP contribution in [0.15, 0.2) is 64.5 Å². The van der Waals surface area contributed by atoms with E-state index in [1.54, 1.807) is 41.7 Å². The number of benzene rings is 1. The Morgan fingerprint density at radius 3 is 2.51 bits per heavy atom. The fourth-order valence-electron chi connectivity index (χ4n) is 4.06. The normalized spacial score (nSPS) is 14.1. The third-order valence-corrected chi connectivity index (χ3v) is 7.68. The second kappa shape index (κ2) is 11.1. The van der Waals surface area contributed by atoms with E-state index in [9.17, 15) is 9.59 Å². The summed E-state index contributed by atoms with van der Waals surface area (Å²) in [5, 5.41) is 2.84. The van der Waals surface area contributed by atoms with Crippen LogP contribution in [0, 0.1) is 6.92 Å². The van der Waals surface area contributed by atoms with Gasteiger partial charge in [0, 0.05) is 34.8 Å². The van der Waals surface area contributed by atoms with Crippen LogP contribution < -0.4 is 0 Å². The predicted octanol–water partition coefficient (Wildman–Crippen LogP) is 6.47. The maximum Gasteiger partial charge on any atom is 0.261 e. The molecule has 7 nitrogen and oxygen atoms in total. The standard InChI is InChI=1S/C26H23N5O2S2.C2H6/c1-5-6-7-8-18-16(3)25(32)31(26(18)33)12-21-29-22(17-9-10-19-20(11-17)35-14-27-19)23(30(21)4)24-28-15(2)13-34-24;1-2/h5-11,13-14H,12H2,1-4H3;1-2H3/b6-5-,8-7-;. The minimum Gasteiger partial charge on any atom is -0.327 e. The molecule has 0 N–H and O–H groups in total. The van der Waals surface area contributed by atoms with Gasteiger partial charge in [-0.3, -0.25) is 14.5 Å². The summed E-state index contributed by atoms with van der Waals surface area (Å²) in [5.41, 5.74) is 7.11. The molecule has 0 saturated heterocycles. The number of allylic oxidation sites excluding steroid dienone is 3. The summed E-state index contributed by atoms with van der Waals surface area (Å²) < 4.78 is 3.01. The van der Waals surface area contributed by atoms with E-state index >= 15 is 0 Å². The van der Waals surface area contributed by atoms with Gasteiger partial charge >= 0.3 is 0 Å². The molecular formula is C28H29N5O2S2. The fraction of sp³-hybridized carbons (Fsp3) is 0.250. The zero-order valence-corrected chi connectivity index (χ0v) is 23.4. The first kappa shape index (κ1) is 26.4. The van der Waals surface area contributed by atoms with Gasteiger partial charge in [0.05, 0.1) is 28.0 Å². The van der Waals surface area contributed by atoms with Crippen LogP contribution in [0.1, 0.15) is 39.2 Å². The summed E-state index contributed by atoms with van der Waals surface area (Å²) in [5.74, 6) is 0.00774. The number of carbonyl (C=O) groups is 2. The van der Waals surface area contributed by atoms with Crippen molar-refractivity contribution >= 4 is 44.7 Å². The van der Waals surface area contributed by atoms with Crippen molar-refractivity contribution in [3.8, 4) is 22.0 Å². The zero-order valence-electron chi connectivity index (χ0n) is 21.8. The van der Waals surface area contributed by atoms with E-state index < -0.39 is 0 Å². The molecule has 0 radical (unpaired) electrons. The number of nitrogens with zero attached hydrogens (tertiary/aromatic N) is 5. The number of amides is 2. The smallest absolute Gasteiger partial charge is 0.261 e. The molecule has 3 aromatic heterocycles. The van der Waals surface area contributed by atoms with Crippen molar-refractivity contribution in [2.75, 3.05) is 0 Å². The van der Waals surface area contributed by atoms with Crippen LogP contribution in [-0.2, 0) is 23.2 Å². The zero-order chi connectivity index (χ0) is 26.7. The van der Waals surface area contributed by atoms with E-state index in [-0.39, 0.29) is 18.4 Å². The average Bonchev–Trinajstić information content (AvgIpc) is 3.66. The first-order valence-electron chi connectivity index (χ1n) is 12.1. The lowest BCUT2D eigenvalue weighted by atomic mass is 10.1. The third-order valence-electron chi connectivity index (χ3n) is 5.93. The van der Waals surface area contributed by atoms with E-state index in [1.807, 2.05) is 74.5 Å². The highest BCUT2D eigenvalue weighted by Crippen LogP contribution is 2.36. The van der Waals surface area contributed by atoms with E-state index in [4.69, 9.17) is 9.97 Å². The Balaban J connectivity index is 0.00000156. The van der Waals surface area contributed by atoms with Gasteiger partial charge in [0.2, 0.25) is 0 Å². The van der Waals surface area contributed by atoms with Gasteiger partial charge in [0.1, 0.15) is 16.5 Å². The Hall–Kier alpha value is -3.69. The topological polar surface area (TPSA) is 81.0 Å². The van der Waals surface area contributed by atoms with Crippen molar-refractivity contribution in [2.45, 2.75) is 41.2 Å². The molecule has 190 valence electrons. The average molecular weight is 532 g/mol.